The first kappa shape index (κ1) is 22.8. The lowest BCUT2D eigenvalue weighted by atomic mass is 9.88. The van der Waals surface area contributed by atoms with E-state index < -0.39 is 11.8 Å². The van der Waals surface area contributed by atoms with Crippen LogP contribution in [0.4, 0.5) is 4.39 Å². The summed E-state index contributed by atoms with van der Waals surface area (Å²) in [6, 6.07) is 9.61. The standard InChI is InChI=1S/C28H29FN4O3/c1-16-25(30-33-15-21(28(35)36)12-23(29)26(16)33)24-13-20-4-3-5-22(27(20)32(24)14-18-6-7-18)19-8-10-31(11-9-19)17(2)34/h3-5,12-13,15,18-19H,6-11,14H2,1-2H3,(H,35,36). The fourth-order valence-corrected chi connectivity index (χ4v) is 5.77. The van der Waals surface area contributed by atoms with Crippen LogP contribution in [0.3, 0.4) is 0 Å². The average Bonchev–Trinajstić information content (AvgIpc) is 3.52. The van der Waals surface area contributed by atoms with Crippen LogP contribution >= 0.6 is 0 Å². The number of fused-ring (bicyclic) bond motifs is 2. The minimum Gasteiger partial charge on any atom is -0.478 e. The third kappa shape index (κ3) is 3.75. The number of aromatic carboxylic acids is 1. The molecule has 1 aliphatic heterocycles. The van der Waals surface area contributed by atoms with Crippen molar-refractivity contribution in [2.45, 2.75) is 52.0 Å². The van der Waals surface area contributed by atoms with Crippen LogP contribution in [0.25, 0.3) is 27.8 Å². The Kier molecular flexibility index (Phi) is 5.35. The molecule has 2 aliphatic rings. The number of aromatic nitrogens is 3. The summed E-state index contributed by atoms with van der Waals surface area (Å²) in [4.78, 5) is 25.2. The molecular weight excluding hydrogens is 459 g/mol. The molecule has 0 unspecified atom stereocenters. The fourth-order valence-electron chi connectivity index (χ4n) is 5.77. The number of amides is 1. The van der Waals surface area contributed by atoms with Crippen LogP contribution in [0.15, 0.2) is 36.5 Å². The van der Waals surface area contributed by atoms with E-state index >= 15 is 0 Å². The summed E-state index contributed by atoms with van der Waals surface area (Å²) in [5.41, 5.74) is 4.96. The molecule has 6 rings (SSSR count). The van der Waals surface area contributed by atoms with Gasteiger partial charge >= 0.3 is 5.97 Å². The van der Waals surface area contributed by atoms with Crippen molar-refractivity contribution >= 4 is 28.3 Å². The molecule has 3 aromatic heterocycles. The zero-order chi connectivity index (χ0) is 25.1. The van der Waals surface area contributed by atoms with Crippen LogP contribution in [0.1, 0.15) is 60.0 Å². The highest BCUT2D eigenvalue weighted by Crippen LogP contribution is 2.41. The van der Waals surface area contributed by atoms with Gasteiger partial charge in [-0.3, -0.25) is 4.79 Å². The minimum absolute atomic E-state index is 0.131. The molecule has 0 radical (unpaired) electrons. The number of hydrogen-bond acceptors (Lipinski definition) is 3. The van der Waals surface area contributed by atoms with E-state index in [1.165, 1.54) is 34.6 Å². The van der Waals surface area contributed by atoms with E-state index in [0.29, 0.717) is 28.6 Å². The van der Waals surface area contributed by atoms with Crippen LogP contribution in [0, 0.1) is 18.7 Å². The maximum atomic E-state index is 15.0. The first-order valence-corrected chi connectivity index (χ1v) is 12.6. The molecule has 2 fully saturated rings. The smallest absolute Gasteiger partial charge is 0.337 e. The summed E-state index contributed by atoms with van der Waals surface area (Å²) in [5.74, 6) is -0.670. The van der Waals surface area contributed by atoms with Gasteiger partial charge in [-0.15, -0.1) is 0 Å². The van der Waals surface area contributed by atoms with Gasteiger partial charge in [0.05, 0.1) is 16.8 Å². The SMILES string of the molecule is CC(=O)N1CCC(c2cccc3cc(-c4nn5cc(C(=O)O)cc(F)c5c4C)n(CC4CC4)c23)CC1. The molecule has 1 saturated carbocycles. The highest BCUT2D eigenvalue weighted by molar-refractivity contribution is 5.91. The Morgan fingerprint density at radius 2 is 1.86 bits per heavy atom. The molecule has 0 atom stereocenters. The fraction of sp³-hybridized carbons (Fsp3) is 0.393. The van der Waals surface area contributed by atoms with Crippen molar-refractivity contribution in [3.05, 3.63) is 59.0 Å². The number of aryl methyl sites for hydroxylation is 1. The van der Waals surface area contributed by atoms with Crippen molar-refractivity contribution in [3.8, 4) is 11.4 Å². The maximum absolute atomic E-state index is 15.0. The van der Waals surface area contributed by atoms with Gasteiger partial charge in [-0.25, -0.2) is 13.7 Å². The van der Waals surface area contributed by atoms with E-state index in [-0.39, 0.29) is 11.5 Å². The molecule has 1 N–H and O–H groups in total. The Balaban J connectivity index is 1.51. The van der Waals surface area contributed by atoms with Crippen LogP contribution in [0.5, 0.6) is 0 Å². The number of likely N-dealkylation sites (tertiary alicyclic amines) is 1. The largest absolute Gasteiger partial charge is 0.478 e. The number of hydrogen-bond donors (Lipinski definition) is 1. The number of carbonyl (C=O) groups is 2. The van der Waals surface area contributed by atoms with E-state index in [0.717, 1.165) is 49.6 Å². The molecule has 36 heavy (non-hydrogen) atoms. The van der Waals surface area contributed by atoms with Gasteiger partial charge in [0.1, 0.15) is 17.0 Å². The van der Waals surface area contributed by atoms with Crippen molar-refractivity contribution in [3.63, 3.8) is 0 Å². The lowest BCUT2D eigenvalue weighted by molar-refractivity contribution is -0.129. The number of carboxylic acids is 1. The first-order chi connectivity index (χ1) is 17.3. The predicted molar refractivity (Wildman–Crippen MR) is 135 cm³/mol. The monoisotopic (exact) mass is 488 g/mol. The molecule has 7 nitrogen and oxygen atoms in total. The molecule has 1 aromatic carbocycles. The number of pyridine rings is 1. The number of piperidine rings is 1. The minimum atomic E-state index is -1.19. The summed E-state index contributed by atoms with van der Waals surface area (Å²) in [5, 5.41) is 15.2. The Hall–Kier alpha value is -3.68. The summed E-state index contributed by atoms with van der Waals surface area (Å²) in [6.45, 7) is 5.89. The summed E-state index contributed by atoms with van der Waals surface area (Å²) >= 11 is 0. The molecule has 8 heteroatoms. The van der Waals surface area contributed by atoms with E-state index in [2.05, 4.69) is 33.9 Å². The number of carbonyl (C=O) groups excluding carboxylic acids is 1. The Morgan fingerprint density at radius 1 is 1.11 bits per heavy atom. The lowest BCUT2D eigenvalue weighted by Gasteiger charge is -2.32. The predicted octanol–water partition coefficient (Wildman–Crippen LogP) is 5.24. The van der Waals surface area contributed by atoms with E-state index in [4.69, 9.17) is 0 Å². The van der Waals surface area contributed by atoms with Gasteiger partial charge in [-0.2, -0.15) is 5.10 Å². The number of carboxylic acid groups (broad SMARTS) is 1. The highest BCUT2D eigenvalue weighted by Gasteiger charge is 2.29. The second-order valence-corrected chi connectivity index (χ2v) is 10.3. The number of nitrogens with zero attached hydrogens (tertiary/aromatic N) is 4. The Morgan fingerprint density at radius 3 is 2.53 bits per heavy atom. The highest BCUT2D eigenvalue weighted by atomic mass is 19.1. The third-order valence-corrected chi connectivity index (χ3v) is 7.88. The van der Waals surface area contributed by atoms with Crippen molar-refractivity contribution < 1.29 is 19.1 Å². The number of halogens is 1. The average molecular weight is 489 g/mol. The van der Waals surface area contributed by atoms with E-state index in [9.17, 15) is 19.1 Å². The van der Waals surface area contributed by atoms with E-state index in [1.807, 2.05) is 11.8 Å². The topological polar surface area (TPSA) is 79.8 Å². The number of benzene rings is 1. The van der Waals surface area contributed by atoms with Crippen molar-refractivity contribution in [2.24, 2.45) is 5.92 Å². The van der Waals surface area contributed by atoms with Gasteiger partial charge in [-0.1, -0.05) is 18.2 Å². The maximum Gasteiger partial charge on any atom is 0.337 e. The molecule has 4 aromatic rings. The van der Waals surface area contributed by atoms with Crippen LogP contribution < -0.4 is 0 Å². The molecule has 1 aliphatic carbocycles. The van der Waals surface area contributed by atoms with Gasteiger partial charge in [0.25, 0.3) is 0 Å². The van der Waals surface area contributed by atoms with Crippen LogP contribution in [-0.2, 0) is 11.3 Å². The van der Waals surface area contributed by atoms with Gasteiger partial charge in [0.15, 0.2) is 0 Å². The van der Waals surface area contributed by atoms with E-state index in [1.54, 1.807) is 6.92 Å². The zero-order valence-electron chi connectivity index (χ0n) is 20.5. The van der Waals surface area contributed by atoms with Crippen LogP contribution in [0.2, 0.25) is 0 Å². The van der Waals surface area contributed by atoms with Crippen molar-refractivity contribution in [1.29, 1.82) is 0 Å². The number of rotatable bonds is 5. The van der Waals surface area contributed by atoms with Gasteiger partial charge in [0.2, 0.25) is 5.91 Å². The Bertz CT molecular complexity index is 1520. The van der Waals surface area contributed by atoms with Gasteiger partial charge in [0, 0.05) is 43.7 Å². The van der Waals surface area contributed by atoms with Crippen molar-refractivity contribution in [1.82, 2.24) is 19.1 Å². The molecule has 1 saturated heterocycles. The zero-order valence-corrected chi connectivity index (χ0v) is 20.5. The summed E-state index contributed by atoms with van der Waals surface area (Å²) in [6.07, 6.45) is 5.62. The molecule has 0 bridgehead atoms. The number of para-hydroxylation sites is 1. The molecular formula is C28H29FN4O3. The van der Waals surface area contributed by atoms with Crippen molar-refractivity contribution in [2.75, 3.05) is 13.1 Å². The molecule has 0 spiro atoms. The quantitative estimate of drug-likeness (QED) is 0.417. The second-order valence-electron chi connectivity index (χ2n) is 10.3. The summed E-state index contributed by atoms with van der Waals surface area (Å²) in [7, 11) is 0. The molecule has 186 valence electrons. The Labute approximate surface area is 208 Å². The van der Waals surface area contributed by atoms with Crippen LogP contribution in [-0.4, -0.2) is 49.2 Å². The normalized spacial score (nSPS) is 16.8. The lowest BCUT2D eigenvalue weighted by Crippen LogP contribution is -2.36. The molecule has 4 heterocycles. The molecule has 1 amide bonds. The van der Waals surface area contributed by atoms with Gasteiger partial charge < -0.3 is 14.6 Å². The van der Waals surface area contributed by atoms with Gasteiger partial charge in [-0.05, 0) is 62.1 Å². The third-order valence-electron chi connectivity index (χ3n) is 7.88. The summed E-state index contributed by atoms with van der Waals surface area (Å²) < 4.78 is 18.7. The first-order valence-electron chi connectivity index (χ1n) is 12.6. The second kappa shape index (κ2) is 8.47.